The molecule has 0 fully saturated rings. The van der Waals surface area contributed by atoms with Crippen LogP contribution in [0.3, 0.4) is 0 Å². The van der Waals surface area contributed by atoms with Crippen molar-refractivity contribution >= 4 is 15.9 Å². The van der Waals surface area contributed by atoms with Crippen molar-refractivity contribution < 1.29 is 4.74 Å². The van der Waals surface area contributed by atoms with E-state index in [0.29, 0.717) is 6.04 Å². The van der Waals surface area contributed by atoms with Gasteiger partial charge in [-0.05, 0) is 38.1 Å². The van der Waals surface area contributed by atoms with E-state index in [1.165, 1.54) is 5.56 Å². The molecule has 0 aliphatic rings. The quantitative estimate of drug-likeness (QED) is 0.859. The molecule has 84 valence electrons. The molecule has 1 aromatic rings. The average Bonchev–Trinajstić information content (AvgIpc) is 2.27. The van der Waals surface area contributed by atoms with Crippen molar-refractivity contribution in [1.82, 2.24) is 5.32 Å². The van der Waals surface area contributed by atoms with E-state index < -0.39 is 0 Å². The van der Waals surface area contributed by atoms with E-state index in [4.69, 9.17) is 4.74 Å². The smallest absolute Gasteiger partial charge is 0.0622 e. The zero-order chi connectivity index (χ0) is 11.1. The third-order valence-electron chi connectivity index (χ3n) is 2.33. The summed E-state index contributed by atoms with van der Waals surface area (Å²) in [6.45, 7) is 3.56. The minimum atomic E-state index is 0.395. The lowest BCUT2D eigenvalue weighted by Crippen LogP contribution is -2.32. The Morgan fingerprint density at radius 2 is 2.00 bits per heavy atom. The fourth-order valence-corrected chi connectivity index (χ4v) is 1.67. The van der Waals surface area contributed by atoms with Gasteiger partial charge in [-0.1, -0.05) is 28.1 Å². The van der Waals surface area contributed by atoms with E-state index in [1.54, 1.807) is 0 Å². The molecule has 0 bridgehead atoms. The van der Waals surface area contributed by atoms with Gasteiger partial charge >= 0.3 is 0 Å². The van der Waals surface area contributed by atoms with Gasteiger partial charge in [0, 0.05) is 17.1 Å². The fraction of sp³-hybridized carbons (Fsp3) is 0.500. The lowest BCUT2D eigenvalue weighted by molar-refractivity contribution is 0.125. The number of ether oxygens (including phenoxy) is 1. The topological polar surface area (TPSA) is 21.3 Å². The molecule has 0 saturated carbocycles. The van der Waals surface area contributed by atoms with Gasteiger partial charge in [-0.2, -0.15) is 0 Å². The van der Waals surface area contributed by atoms with Gasteiger partial charge in [0.25, 0.3) is 0 Å². The van der Waals surface area contributed by atoms with E-state index in [0.717, 1.165) is 24.1 Å². The molecular weight excluding hydrogens is 254 g/mol. The van der Waals surface area contributed by atoms with Crippen LogP contribution in [0.1, 0.15) is 12.5 Å². The lowest BCUT2D eigenvalue weighted by atomic mass is 10.1. The Hall–Kier alpha value is -0.380. The highest BCUT2D eigenvalue weighted by Crippen LogP contribution is 2.11. The van der Waals surface area contributed by atoms with Gasteiger partial charge in [0.2, 0.25) is 0 Å². The normalized spacial score (nSPS) is 12.7. The first-order chi connectivity index (χ1) is 7.26. The number of hydrogen-bond acceptors (Lipinski definition) is 2. The second kappa shape index (κ2) is 6.99. The molecule has 1 rings (SSSR count). The van der Waals surface area contributed by atoms with Crippen molar-refractivity contribution in [2.75, 3.05) is 20.3 Å². The molecule has 0 aliphatic heterocycles. The molecule has 1 unspecified atom stereocenters. The molecule has 0 saturated heterocycles. The van der Waals surface area contributed by atoms with Crippen LogP contribution < -0.4 is 5.32 Å². The molecule has 0 amide bonds. The predicted octanol–water partition coefficient (Wildman–Crippen LogP) is 2.62. The standard InChI is InChI=1S/C12H18BrNO/c1-3-15-9-12(14-2)8-10-4-6-11(13)7-5-10/h4-7,12,14H,3,8-9H2,1-2H3. The Kier molecular flexibility index (Phi) is 5.91. The maximum Gasteiger partial charge on any atom is 0.0622 e. The minimum Gasteiger partial charge on any atom is -0.380 e. The summed E-state index contributed by atoms with van der Waals surface area (Å²) in [6.07, 6.45) is 1.00. The van der Waals surface area contributed by atoms with Crippen molar-refractivity contribution in [3.63, 3.8) is 0 Å². The molecule has 0 aliphatic carbocycles. The molecule has 0 heterocycles. The van der Waals surface area contributed by atoms with Crippen LogP contribution in [0.15, 0.2) is 28.7 Å². The summed E-state index contributed by atoms with van der Waals surface area (Å²) in [7, 11) is 1.97. The lowest BCUT2D eigenvalue weighted by Gasteiger charge is -2.15. The van der Waals surface area contributed by atoms with Crippen molar-refractivity contribution in [2.45, 2.75) is 19.4 Å². The summed E-state index contributed by atoms with van der Waals surface area (Å²) >= 11 is 3.43. The van der Waals surface area contributed by atoms with Crippen molar-refractivity contribution in [3.05, 3.63) is 34.3 Å². The average molecular weight is 272 g/mol. The third-order valence-corrected chi connectivity index (χ3v) is 2.86. The Bertz CT molecular complexity index is 273. The maximum atomic E-state index is 5.41. The number of hydrogen-bond donors (Lipinski definition) is 1. The van der Waals surface area contributed by atoms with Crippen LogP contribution in [-0.4, -0.2) is 26.3 Å². The second-order valence-corrected chi connectivity index (χ2v) is 4.39. The summed E-state index contributed by atoms with van der Waals surface area (Å²) in [5, 5.41) is 3.26. The van der Waals surface area contributed by atoms with E-state index >= 15 is 0 Å². The third kappa shape index (κ3) is 4.78. The zero-order valence-electron chi connectivity index (χ0n) is 9.29. The van der Waals surface area contributed by atoms with Gasteiger partial charge in [-0.3, -0.25) is 0 Å². The van der Waals surface area contributed by atoms with Crippen LogP contribution in [0, 0.1) is 0 Å². The molecule has 0 radical (unpaired) electrons. The number of rotatable bonds is 6. The van der Waals surface area contributed by atoms with Crippen molar-refractivity contribution in [2.24, 2.45) is 0 Å². The highest BCUT2D eigenvalue weighted by atomic mass is 79.9. The largest absolute Gasteiger partial charge is 0.380 e. The van der Waals surface area contributed by atoms with Gasteiger partial charge < -0.3 is 10.1 Å². The number of likely N-dealkylation sites (N-methyl/N-ethyl adjacent to an activating group) is 1. The van der Waals surface area contributed by atoms with Crippen LogP contribution in [0.2, 0.25) is 0 Å². The molecule has 0 spiro atoms. The van der Waals surface area contributed by atoms with Crippen LogP contribution in [0.4, 0.5) is 0 Å². The summed E-state index contributed by atoms with van der Waals surface area (Å²) < 4.78 is 6.53. The van der Waals surface area contributed by atoms with Crippen LogP contribution in [-0.2, 0) is 11.2 Å². The predicted molar refractivity (Wildman–Crippen MR) is 67.2 cm³/mol. The van der Waals surface area contributed by atoms with Gasteiger partial charge in [-0.25, -0.2) is 0 Å². The molecule has 1 atom stereocenters. The molecular formula is C12H18BrNO. The zero-order valence-corrected chi connectivity index (χ0v) is 10.9. The van der Waals surface area contributed by atoms with Crippen molar-refractivity contribution in [3.8, 4) is 0 Å². The first-order valence-corrected chi connectivity index (χ1v) is 6.05. The second-order valence-electron chi connectivity index (χ2n) is 3.48. The van der Waals surface area contributed by atoms with Crippen LogP contribution in [0.5, 0.6) is 0 Å². The van der Waals surface area contributed by atoms with Crippen LogP contribution >= 0.6 is 15.9 Å². The SMILES string of the molecule is CCOCC(Cc1ccc(Br)cc1)NC. The molecule has 0 aromatic heterocycles. The summed E-state index contributed by atoms with van der Waals surface area (Å²) in [4.78, 5) is 0. The fourth-order valence-electron chi connectivity index (χ4n) is 1.41. The maximum absolute atomic E-state index is 5.41. The summed E-state index contributed by atoms with van der Waals surface area (Å²) in [5.74, 6) is 0. The Morgan fingerprint density at radius 3 is 2.53 bits per heavy atom. The molecule has 1 N–H and O–H groups in total. The number of nitrogens with one attached hydrogen (secondary N) is 1. The van der Waals surface area contributed by atoms with E-state index in [2.05, 4.69) is 45.5 Å². The summed E-state index contributed by atoms with van der Waals surface area (Å²) in [5.41, 5.74) is 1.33. The Morgan fingerprint density at radius 1 is 1.33 bits per heavy atom. The van der Waals surface area contributed by atoms with Gasteiger partial charge in [0.1, 0.15) is 0 Å². The van der Waals surface area contributed by atoms with Gasteiger partial charge in [-0.15, -0.1) is 0 Å². The number of benzene rings is 1. The van der Waals surface area contributed by atoms with Gasteiger partial charge in [0.15, 0.2) is 0 Å². The van der Waals surface area contributed by atoms with E-state index in [9.17, 15) is 0 Å². The monoisotopic (exact) mass is 271 g/mol. The minimum absolute atomic E-state index is 0.395. The van der Waals surface area contributed by atoms with Crippen molar-refractivity contribution in [1.29, 1.82) is 0 Å². The molecule has 2 nitrogen and oxygen atoms in total. The highest BCUT2D eigenvalue weighted by Gasteiger charge is 2.06. The highest BCUT2D eigenvalue weighted by molar-refractivity contribution is 9.10. The first-order valence-electron chi connectivity index (χ1n) is 5.25. The summed E-state index contributed by atoms with van der Waals surface area (Å²) in [6, 6.07) is 8.82. The first kappa shape index (κ1) is 12.7. The Balaban J connectivity index is 2.47. The van der Waals surface area contributed by atoms with Gasteiger partial charge in [0.05, 0.1) is 6.61 Å². The number of halogens is 1. The Labute approximate surface area is 100 Å². The molecule has 3 heteroatoms. The van der Waals surface area contributed by atoms with Crippen LogP contribution in [0.25, 0.3) is 0 Å². The van der Waals surface area contributed by atoms with E-state index in [1.807, 2.05) is 14.0 Å². The molecule has 1 aromatic carbocycles. The van der Waals surface area contributed by atoms with E-state index in [-0.39, 0.29) is 0 Å². The molecule has 15 heavy (non-hydrogen) atoms.